The first kappa shape index (κ1) is 14.1. The molecular weight excluding hydrogens is 236 g/mol. The number of benzene rings is 1. The number of hydrogen-bond acceptors (Lipinski definition) is 2. The van der Waals surface area contributed by atoms with Crippen LogP contribution in [-0.2, 0) is 17.8 Å². The van der Waals surface area contributed by atoms with Crippen molar-refractivity contribution in [3.8, 4) is 0 Å². The number of nitrogens with one attached hydrogen (secondary N) is 2. The molecule has 19 heavy (non-hydrogen) atoms. The molecule has 0 fully saturated rings. The van der Waals surface area contributed by atoms with Gasteiger partial charge in [0, 0.05) is 12.1 Å². The molecule has 0 aliphatic carbocycles. The molecule has 104 valence electrons. The van der Waals surface area contributed by atoms with E-state index in [4.69, 9.17) is 0 Å². The van der Waals surface area contributed by atoms with Crippen LogP contribution in [0.1, 0.15) is 44.7 Å². The third-order valence-electron chi connectivity index (χ3n) is 4.38. The van der Waals surface area contributed by atoms with Gasteiger partial charge in [-0.05, 0) is 37.3 Å². The standard InChI is InChI=1S/C16H24N2O/c1-4-16(3,5-2)18-15(19)14-10-12-8-6-7-9-13(12)11-17-14/h6-9,14,17H,4-5,10-11H2,1-3H3,(H,18,19). The van der Waals surface area contributed by atoms with Crippen LogP contribution in [0.15, 0.2) is 24.3 Å². The Hall–Kier alpha value is -1.35. The molecule has 3 nitrogen and oxygen atoms in total. The lowest BCUT2D eigenvalue weighted by Crippen LogP contribution is -2.54. The molecule has 1 heterocycles. The first-order chi connectivity index (χ1) is 9.08. The lowest BCUT2D eigenvalue weighted by atomic mass is 9.92. The van der Waals surface area contributed by atoms with Crippen LogP contribution >= 0.6 is 0 Å². The van der Waals surface area contributed by atoms with Crippen molar-refractivity contribution in [3.63, 3.8) is 0 Å². The average molecular weight is 260 g/mol. The minimum absolute atomic E-state index is 0.0876. The summed E-state index contributed by atoms with van der Waals surface area (Å²) in [6.07, 6.45) is 2.70. The predicted octanol–water partition coefficient (Wildman–Crippen LogP) is 2.40. The van der Waals surface area contributed by atoms with E-state index in [1.165, 1.54) is 11.1 Å². The van der Waals surface area contributed by atoms with E-state index in [9.17, 15) is 4.79 Å². The van der Waals surface area contributed by atoms with Crippen LogP contribution in [0.2, 0.25) is 0 Å². The Kier molecular flexibility index (Phi) is 4.25. The number of fused-ring (bicyclic) bond motifs is 1. The number of amides is 1. The maximum absolute atomic E-state index is 12.4. The van der Waals surface area contributed by atoms with E-state index in [1.807, 2.05) is 12.1 Å². The van der Waals surface area contributed by atoms with Crippen molar-refractivity contribution in [2.75, 3.05) is 0 Å². The molecule has 0 radical (unpaired) electrons. The second-order valence-electron chi connectivity index (χ2n) is 5.66. The van der Waals surface area contributed by atoms with Crippen molar-refractivity contribution in [1.82, 2.24) is 10.6 Å². The second kappa shape index (κ2) is 5.74. The zero-order valence-corrected chi connectivity index (χ0v) is 12.1. The summed E-state index contributed by atoms with van der Waals surface area (Å²) in [6, 6.07) is 8.23. The summed E-state index contributed by atoms with van der Waals surface area (Å²) >= 11 is 0. The van der Waals surface area contributed by atoms with Gasteiger partial charge in [0.15, 0.2) is 0 Å². The molecule has 1 aromatic carbocycles. The van der Waals surface area contributed by atoms with Crippen molar-refractivity contribution in [3.05, 3.63) is 35.4 Å². The van der Waals surface area contributed by atoms with Gasteiger partial charge in [-0.15, -0.1) is 0 Å². The summed E-state index contributed by atoms with van der Waals surface area (Å²) in [7, 11) is 0. The highest BCUT2D eigenvalue weighted by Crippen LogP contribution is 2.18. The number of carbonyl (C=O) groups is 1. The van der Waals surface area contributed by atoms with Gasteiger partial charge in [0.25, 0.3) is 0 Å². The maximum atomic E-state index is 12.4. The molecule has 0 aromatic heterocycles. The van der Waals surface area contributed by atoms with Crippen molar-refractivity contribution >= 4 is 5.91 Å². The van der Waals surface area contributed by atoms with E-state index in [2.05, 4.69) is 43.5 Å². The van der Waals surface area contributed by atoms with Crippen molar-refractivity contribution < 1.29 is 4.79 Å². The van der Waals surface area contributed by atoms with Gasteiger partial charge in [-0.25, -0.2) is 0 Å². The molecule has 0 saturated carbocycles. The normalized spacial score (nSPS) is 18.8. The highest BCUT2D eigenvalue weighted by Gasteiger charge is 2.29. The van der Waals surface area contributed by atoms with E-state index < -0.39 is 0 Å². The molecule has 2 rings (SSSR count). The maximum Gasteiger partial charge on any atom is 0.237 e. The summed E-state index contributed by atoms with van der Waals surface area (Å²) in [5, 5.41) is 6.53. The molecule has 1 amide bonds. The van der Waals surface area contributed by atoms with Crippen LogP contribution in [0.3, 0.4) is 0 Å². The molecule has 1 aliphatic heterocycles. The van der Waals surface area contributed by atoms with Crippen molar-refractivity contribution in [2.45, 2.75) is 58.2 Å². The van der Waals surface area contributed by atoms with Crippen LogP contribution in [-0.4, -0.2) is 17.5 Å². The van der Waals surface area contributed by atoms with Gasteiger partial charge in [-0.3, -0.25) is 4.79 Å². The molecule has 0 spiro atoms. The SMILES string of the molecule is CCC(C)(CC)NC(=O)C1Cc2ccccc2CN1. The monoisotopic (exact) mass is 260 g/mol. The topological polar surface area (TPSA) is 41.1 Å². The van der Waals surface area contributed by atoms with E-state index in [-0.39, 0.29) is 17.5 Å². The summed E-state index contributed by atoms with van der Waals surface area (Å²) in [4.78, 5) is 12.4. The Labute approximate surface area is 115 Å². The van der Waals surface area contributed by atoms with E-state index in [0.29, 0.717) is 0 Å². The first-order valence-electron chi connectivity index (χ1n) is 7.20. The minimum atomic E-state index is -0.104. The second-order valence-corrected chi connectivity index (χ2v) is 5.66. The summed E-state index contributed by atoms with van der Waals surface area (Å²) in [6.45, 7) is 7.13. The molecule has 1 atom stereocenters. The van der Waals surface area contributed by atoms with E-state index >= 15 is 0 Å². The molecule has 0 saturated heterocycles. The molecule has 1 unspecified atom stereocenters. The predicted molar refractivity (Wildman–Crippen MR) is 77.9 cm³/mol. The lowest BCUT2D eigenvalue weighted by Gasteiger charge is -2.32. The molecule has 1 aliphatic rings. The summed E-state index contributed by atoms with van der Waals surface area (Å²) in [5.41, 5.74) is 2.51. The zero-order chi connectivity index (χ0) is 13.9. The fraction of sp³-hybridized carbons (Fsp3) is 0.562. The average Bonchev–Trinajstić information content (AvgIpc) is 2.46. The Morgan fingerprint density at radius 3 is 2.58 bits per heavy atom. The van der Waals surface area contributed by atoms with Crippen LogP contribution in [0.5, 0.6) is 0 Å². The van der Waals surface area contributed by atoms with Gasteiger partial charge in [-0.1, -0.05) is 38.1 Å². The van der Waals surface area contributed by atoms with Gasteiger partial charge in [-0.2, -0.15) is 0 Å². The number of rotatable bonds is 4. The highest BCUT2D eigenvalue weighted by molar-refractivity contribution is 5.83. The van der Waals surface area contributed by atoms with Gasteiger partial charge in [0.1, 0.15) is 0 Å². The first-order valence-corrected chi connectivity index (χ1v) is 7.20. The Morgan fingerprint density at radius 2 is 1.95 bits per heavy atom. The van der Waals surface area contributed by atoms with E-state index in [0.717, 1.165) is 25.8 Å². The fourth-order valence-corrected chi connectivity index (χ4v) is 2.45. The number of hydrogen-bond donors (Lipinski definition) is 2. The van der Waals surface area contributed by atoms with Crippen molar-refractivity contribution in [2.24, 2.45) is 0 Å². The minimum Gasteiger partial charge on any atom is -0.350 e. The third kappa shape index (κ3) is 3.16. The van der Waals surface area contributed by atoms with Gasteiger partial charge >= 0.3 is 0 Å². The number of carbonyl (C=O) groups excluding carboxylic acids is 1. The van der Waals surface area contributed by atoms with Crippen LogP contribution < -0.4 is 10.6 Å². The van der Waals surface area contributed by atoms with Gasteiger partial charge < -0.3 is 10.6 Å². The summed E-state index contributed by atoms with van der Waals surface area (Å²) < 4.78 is 0. The quantitative estimate of drug-likeness (QED) is 0.873. The Bertz CT molecular complexity index is 452. The van der Waals surface area contributed by atoms with Gasteiger partial charge in [0.2, 0.25) is 5.91 Å². The third-order valence-corrected chi connectivity index (χ3v) is 4.38. The largest absolute Gasteiger partial charge is 0.350 e. The van der Waals surface area contributed by atoms with Crippen LogP contribution in [0, 0.1) is 0 Å². The molecular formula is C16H24N2O. The van der Waals surface area contributed by atoms with Crippen molar-refractivity contribution in [1.29, 1.82) is 0 Å². The Morgan fingerprint density at radius 1 is 1.32 bits per heavy atom. The fourth-order valence-electron chi connectivity index (χ4n) is 2.45. The van der Waals surface area contributed by atoms with Crippen LogP contribution in [0.4, 0.5) is 0 Å². The summed E-state index contributed by atoms with van der Waals surface area (Å²) in [5.74, 6) is 0.126. The highest BCUT2D eigenvalue weighted by atomic mass is 16.2. The smallest absolute Gasteiger partial charge is 0.237 e. The lowest BCUT2D eigenvalue weighted by molar-refractivity contribution is -0.125. The molecule has 1 aromatic rings. The molecule has 2 N–H and O–H groups in total. The molecule has 0 bridgehead atoms. The van der Waals surface area contributed by atoms with Crippen LogP contribution in [0.25, 0.3) is 0 Å². The molecule has 3 heteroatoms. The van der Waals surface area contributed by atoms with E-state index in [1.54, 1.807) is 0 Å². The Balaban J connectivity index is 2.03. The zero-order valence-electron chi connectivity index (χ0n) is 12.1. The van der Waals surface area contributed by atoms with Gasteiger partial charge in [0.05, 0.1) is 6.04 Å².